The molecule has 0 saturated carbocycles. The number of benzene rings is 2. The predicted molar refractivity (Wildman–Crippen MR) is 99.7 cm³/mol. The summed E-state index contributed by atoms with van der Waals surface area (Å²) in [7, 11) is 0. The summed E-state index contributed by atoms with van der Waals surface area (Å²) < 4.78 is 2.22. The largest absolute Gasteiger partial charge is 0.334 e. The van der Waals surface area contributed by atoms with E-state index in [-0.39, 0.29) is 6.03 Å². The molecule has 2 heterocycles. The highest BCUT2D eigenvalue weighted by molar-refractivity contribution is 6.02. The van der Waals surface area contributed by atoms with E-state index in [1.807, 2.05) is 54.6 Å². The molecule has 0 atom stereocenters. The zero-order valence-corrected chi connectivity index (χ0v) is 13.9. The van der Waals surface area contributed by atoms with Crippen molar-refractivity contribution >= 4 is 17.4 Å². The minimum Gasteiger partial charge on any atom is -0.334 e. The SMILES string of the molecule is O=C(Nc1ccccc1)Nc1ccccc1-c1cn2c(n1)CCCC2. The average Bonchev–Trinajstić information content (AvgIpc) is 3.07. The van der Waals surface area contributed by atoms with Crippen molar-refractivity contribution in [1.82, 2.24) is 9.55 Å². The molecule has 0 radical (unpaired) electrons. The Morgan fingerprint density at radius 1 is 0.960 bits per heavy atom. The maximum atomic E-state index is 12.3. The monoisotopic (exact) mass is 332 g/mol. The number of carbonyl (C=O) groups excluding carboxylic acids is 1. The van der Waals surface area contributed by atoms with Crippen LogP contribution in [-0.4, -0.2) is 15.6 Å². The van der Waals surface area contributed by atoms with Gasteiger partial charge in [0.2, 0.25) is 0 Å². The summed E-state index contributed by atoms with van der Waals surface area (Å²) in [5.41, 5.74) is 3.36. The van der Waals surface area contributed by atoms with Crippen molar-refractivity contribution < 1.29 is 4.79 Å². The number of imidazole rings is 1. The molecular weight excluding hydrogens is 312 g/mol. The normalized spacial score (nSPS) is 13.1. The number of urea groups is 1. The van der Waals surface area contributed by atoms with Crippen molar-refractivity contribution in [2.45, 2.75) is 25.8 Å². The van der Waals surface area contributed by atoms with Crippen molar-refractivity contribution in [3.05, 3.63) is 66.6 Å². The number of carbonyl (C=O) groups is 1. The minimum absolute atomic E-state index is 0.261. The molecule has 2 amide bonds. The smallest absolute Gasteiger partial charge is 0.323 e. The Balaban J connectivity index is 1.57. The van der Waals surface area contributed by atoms with Crippen molar-refractivity contribution in [3.8, 4) is 11.3 Å². The number of hydrogen-bond acceptors (Lipinski definition) is 2. The lowest BCUT2D eigenvalue weighted by molar-refractivity contribution is 0.262. The van der Waals surface area contributed by atoms with E-state index in [0.29, 0.717) is 0 Å². The topological polar surface area (TPSA) is 59.0 Å². The lowest BCUT2D eigenvalue weighted by Crippen LogP contribution is -2.19. The maximum Gasteiger partial charge on any atom is 0.323 e. The van der Waals surface area contributed by atoms with Crippen LogP contribution in [0.5, 0.6) is 0 Å². The molecule has 1 aromatic heterocycles. The molecule has 0 unspecified atom stereocenters. The van der Waals surface area contributed by atoms with Gasteiger partial charge in [-0.15, -0.1) is 0 Å². The second kappa shape index (κ2) is 6.81. The standard InChI is InChI=1S/C20H20N4O/c25-20(21-15-8-2-1-3-9-15)23-17-11-5-4-10-16(17)18-14-24-13-7-6-12-19(24)22-18/h1-5,8-11,14H,6-7,12-13H2,(H2,21,23,25). The summed E-state index contributed by atoms with van der Waals surface area (Å²) in [6.07, 6.45) is 5.49. The van der Waals surface area contributed by atoms with Crippen LogP contribution in [0.15, 0.2) is 60.8 Å². The Kier molecular flexibility index (Phi) is 4.21. The molecule has 1 aliphatic heterocycles. The van der Waals surface area contributed by atoms with Crippen LogP contribution in [0.1, 0.15) is 18.7 Å². The number of fused-ring (bicyclic) bond motifs is 1. The molecule has 5 heteroatoms. The van der Waals surface area contributed by atoms with Gasteiger partial charge in [-0.05, 0) is 31.0 Å². The number of anilines is 2. The van der Waals surface area contributed by atoms with Gasteiger partial charge in [0.15, 0.2) is 0 Å². The fraction of sp³-hybridized carbons (Fsp3) is 0.200. The molecule has 126 valence electrons. The lowest BCUT2D eigenvalue weighted by Gasteiger charge is -2.11. The maximum absolute atomic E-state index is 12.3. The summed E-state index contributed by atoms with van der Waals surface area (Å²) in [6.45, 7) is 1.02. The molecule has 2 aromatic carbocycles. The zero-order valence-electron chi connectivity index (χ0n) is 13.9. The van der Waals surface area contributed by atoms with Crippen LogP contribution in [0, 0.1) is 0 Å². The van der Waals surface area contributed by atoms with Crippen molar-refractivity contribution in [2.75, 3.05) is 10.6 Å². The number of nitrogens with zero attached hydrogens (tertiary/aromatic N) is 2. The third kappa shape index (κ3) is 3.40. The molecule has 0 aliphatic carbocycles. The average molecular weight is 332 g/mol. The van der Waals surface area contributed by atoms with Gasteiger partial charge in [0.1, 0.15) is 5.82 Å². The van der Waals surface area contributed by atoms with Gasteiger partial charge in [-0.1, -0.05) is 36.4 Å². The van der Waals surface area contributed by atoms with Gasteiger partial charge in [0.05, 0.1) is 11.4 Å². The zero-order chi connectivity index (χ0) is 17.1. The van der Waals surface area contributed by atoms with Gasteiger partial charge in [-0.25, -0.2) is 9.78 Å². The first-order valence-corrected chi connectivity index (χ1v) is 8.58. The Bertz CT molecular complexity index is 862. The van der Waals surface area contributed by atoms with Crippen LogP contribution in [0.3, 0.4) is 0 Å². The lowest BCUT2D eigenvalue weighted by atomic mass is 10.1. The summed E-state index contributed by atoms with van der Waals surface area (Å²) in [4.78, 5) is 17.1. The van der Waals surface area contributed by atoms with Gasteiger partial charge >= 0.3 is 6.03 Å². The van der Waals surface area contributed by atoms with Crippen LogP contribution >= 0.6 is 0 Å². The van der Waals surface area contributed by atoms with Crippen LogP contribution in [0.4, 0.5) is 16.2 Å². The predicted octanol–water partition coefficient (Wildman–Crippen LogP) is 4.53. The summed E-state index contributed by atoms with van der Waals surface area (Å²) in [6, 6.07) is 16.9. The second-order valence-electron chi connectivity index (χ2n) is 6.18. The molecule has 3 aromatic rings. The Morgan fingerprint density at radius 2 is 1.76 bits per heavy atom. The van der Waals surface area contributed by atoms with Crippen LogP contribution in [0.2, 0.25) is 0 Å². The first-order valence-electron chi connectivity index (χ1n) is 8.58. The summed E-state index contributed by atoms with van der Waals surface area (Å²) >= 11 is 0. The van der Waals surface area contributed by atoms with Crippen molar-refractivity contribution in [1.29, 1.82) is 0 Å². The van der Waals surface area contributed by atoms with Gasteiger partial charge in [-0.3, -0.25) is 0 Å². The summed E-state index contributed by atoms with van der Waals surface area (Å²) in [5, 5.41) is 5.78. The molecule has 0 spiro atoms. The molecule has 1 aliphatic rings. The van der Waals surface area contributed by atoms with E-state index in [1.54, 1.807) is 0 Å². The van der Waals surface area contributed by atoms with Gasteiger partial charge in [-0.2, -0.15) is 0 Å². The molecule has 4 rings (SSSR count). The highest BCUT2D eigenvalue weighted by Crippen LogP contribution is 2.29. The molecule has 0 fully saturated rings. The number of para-hydroxylation sites is 2. The molecule has 5 nitrogen and oxygen atoms in total. The Labute approximate surface area is 146 Å². The van der Waals surface area contributed by atoms with E-state index >= 15 is 0 Å². The number of nitrogens with one attached hydrogen (secondary N) is 2. The van der Waals surface area contributed by atoms with E-state index in [1.165, 1.54) is 12.8 Å². The number of hydrogen-bond donors (Lipinski definition) is 2. The first kappa shape index (κ1) is 15.4. The Morgan fingerprint density at radius 3 is 2.60 bits per heavy atom. The highest BCUT2D eigenvalue weighted by atomic mass is 16.2. The highest BCUT2D eigenvalue weighted by Gasteiger charge is 2.16. The van der Waals surface area contributed by atoms with Crippen molar-refractivity contribution in [2.24, 2.45) is 0 Å². The van der Waals surface area contributed by atoms with Gasteiger partial charge < -0.3 is 15.2 Å². The Hall–Kier alpha value is -3.08. The molecule has 25 heavy (non-hydrogen) atoms. The van der Waals surface area contributed by atoms with E-state index in [2.05, 4.69) is 21.4 Å². The van der Waals surface area contributed by atoms with E-state index in [9.17, 15) is 4.79 Å². The van der Waals surface area contributed by atoms with Gasteiger partial charge in [0.25, 0.3) is 0 Å². The third-order valence-corrected chi connectivity index (χ3v) is 4.39. The second-order valence-corrected chi connectivity index (χ2v) is 6.18. The first-order chi connectivity index (χ1) is 12.3. The number of aryl methyl sites for hydroxylation is 2. The van der Waals surface area contributed by atoms with E-state index in [4.69, 9.17) is 4.98 Å². The molecule has 2 N–H and O–H groups in total. The fourth-order valence-corrected chi connectivity index (χ4v) is 3.16. The molecular formula is C20H20N4O. The van der Waals surface area contributed by atoms with Crippen LogP contribution < -0.4 is 10.6 Å². The minimum atomic E-state index is -0.261. The van der Waals surface area contributed by atoms with Gasteiger partial charge in [0, 0.05) is 30.4 Å². The fourth-order valence-electron chi connectivity index (χ4n) is 3.16. The third-order valence-electron chi connectivity index (χ3n) is 4.39. The molecule has 0 saturated heterocycles. The van der Waals surface area contributed by atoms with E-state index < -0.39 is 0 Å². The van der Waals surface area contributed by atoms with E-state index in [0.717, 1.165) is 41.4 Å². The van der Waals surface area contributed by atoms with Crippen molar-refractivity contribution in [3.63, 3.8) is 0 Å². The molecule has 0 bridgehead atoms. The van der Waals surface area contributed by atoms with Crippen LogP contribution in [0.25, 0.3) is 11.3 Å². The van der Waals surface area contributed by atoms with Crippen LogP contribution in [-0.2, 0) is 13.0 Å². The quantitative estimate of drug-likeness (QED) is 0.740. The number of rotatable bonds is 3. The summed E-state index contributed by atoms with van der Waals surface area (Å²) in [5.74, 6) is 1.13. The number of aromatic nitrogens is 2. The number of amides is 2.